The van der Waals surface area contributed by atoms with Gasteiger partial charge in [0.15, 0.2) is 0 Å². The normalized spacial score (nSPS) is 28.4. The summed E-state index contributed by atoms with van der Waals surface area (Å²) in [5.41, 5.74) is 5.68. The van der Waals surface area contributed by atoms with Crippen LogP contribution in [0.25, 0.3) is 0 Å². The minimum absolute atomic E-state index is 0.0143. The maximum atomic E-state index is 12.4. The number of likely N-dealkylation sites (N-methyl/N-ethyl adjacent to an activating group) is 1. The second-order valence-corrected chi connectivity index (χ2v) is 6.04. The lowest BCUT2D eigenvalue weighted by molar-refractivity contribution is -0.137. The third-order valence-corrected chi connectivity index (χ3v) is 3.76. The second-order valence-electron chi connectivity index (χ2n) is 6.04. The molecule has 0 radical (unpaired) electrons. The fourth-order valence-electron chi connectivity index (χ4n) is 2.50. The first-order chi connectivity index (χ1) is 7.79. The molecule has 1 saturated heterocycles. The van der Waals surface area contributed by atoms with E-state index in [1.54, 1.807) is 0 Å². The zero-order valence-corrected chi connectivity index (χ0v) is 11.9. The number of carbonyl (C=O) groups is 1. The lowest BCUT2D eigenvalue weighted by Crippen LogP contribution is -2.53. The van der Waals surface area contributed by atoms with Gasteiger partial charge in [-0.15, -0.1) is 0 Å². The molecule has 1 heterocycles. The zero-order valence-electron chi connectivity index (χ0n) is 11.9. The predicted molar refractivity (Wildman–Crippen MR) is 70.8 cm³/mol. The van der Waals surface area contributed by atoms with Crippen molar-refractivity contribution in [1.29, 1.82) is 0 Å². The maximum Gasteiger partial charge on any atom is 0.239 e. The largest absolute Gasteiger partial charge is 0.342 e. The minimum Gasteiger partial charge on any atom is -0.342 e. The molecule has 2 N–H and O–H groups in total. The molecule has 0 aromatic rings. The summed E-state index contributed by atoms with van der Waals surface area (Å²) in [6, 6.07) is 0.255. The monoisotopic (exact) mass is 241 g/mol. The molecule has 1 aliphatic rings. The van der Waals surface area contributed by atoms with Crippen molar-refractivity contribution >= 4 is 5.91 Å². The third kappa shape index (κ3) is 3.19. The van der Waals surface area contributed by atoms with E-state index < -0.39 is 0 Å². The van der Waals surface area contributed by atoms with Crippen LogP contribution in [0.4, 0.5) is 0 Å². The van der Waals surface area contributed by atoms with Crippen LogP contribution in [-0.4, -0.2) is 53.5 Å². The van der Waals surface area contributed by atoms with Gasteiger partial charge in [0.2, 0.25) is 5.91 Å². The van der Waals surface area contributed by atoms with E-state index in [9.17, 15) is 4.79 Å². The number of hydrogen-bond donors (Lipinski definition) is 1. The van der Waals surface area contributed by atoms with Crippen molar-refractivity contribution in [3.05, 3.63) is 0 Å². The Morgan fingerprint density at radius 3 is 2.47 bits per heavy atom. The van der Waals surface area contributed by atoms with Crippen LogP contribution < -0.4 is 5.73 Å². The molecule has 1 rings (SSSR count). The SMILES string of the molecule is CC1CCN(C(C)(C)C)C(CCN)C(=O)N1C. The van der Waals surface area contributed by atoms with Crippen LogP contribution in [0.15, 0.2) is 0 Å². The van der Waals surface area contributed by atoms with Crippen LogP contribution in [0.1, 0.15) is 40.5 Å². The van der Waals surface area contributed by atoms with Gasteiger partial charge in [-0.3, -0.25) is 9.69 Å². The van der Waals surface area contributed by atoms with Crippen LogP contribution >= 0.6 is 0 Å². The van der Waals surface area contributed by atoms with Crippen molar-refractivity contribution in [3.8, 4) is 0 Å². The Morgan fingerprint density at radius 1 is 1.41 bits per heavy atom. The summed E-state index contributed by atoms with van der Waals surface area (Å²) in [5.74, 6) is 0.218. The molecule has 1 amide bonds. The maximum absolute atomic E-state index is 12.4. The Hall–Kier alpha value is -0.610. The summed E-state index contributed by atoms with van der Waals surface area (Å²) in [5, 5.41) is 0. The smallest absolute Gasteiger partial charge is 0.239 e. The number of nitrogens with zero attached hydrogens (tertiary/aromatic N) is 2. The van der Waals surface area contributed by atoms with Crippen LogP contribution in [-0.2, 0) is 4.79 Å². The van der Waals surface area contributed by atoms with Gasteiger partial charge in [0.05, 0.1) is 6.04 Å². The van der Waals surface area contributed by atoms with E-state index in [1.807, 2.05) is 11.9 Å². The van der Waals surface area contributed by atoms with Gasteiger partial charge in [0, 0.05) is 25.2 Å². The van der Waals surface area contributed by atoms with Crippen molar-refractivity contribution in [2.24, 2.45) is 5.73 Å². The van der Waals surface area contributed by atoms with Gasteiger partial charge in [-0.1, -0.05) is 0 Å². The second kappa shape index (κ2) is 5.36. The van der Waals surface area contributed by atoms with Crippen molar-refractivity contribution in [1.82, 2.24) is 9.80 Å². The highest BCUT2D eigenvalue weighted by Crippen LogP contribution is 2.25. The standard InChI is InChI=1S/C13H27N3O/c1-10-7-9-16(13(2,3)4)11(6-8-14)12(17)15(10)5/h10-11H,6-9,14H2,1-5H3. The average Bonchev–Trinajstić information content (AvgIpc) is 2.32. The molecule has 2 unspecified atom stereocenters. The van der Waals surface area contributed by atoms with E-state index in [-0.39, 0.29) is 17.5 Å². The fraction of sp³-hybridized carbons (Fsp3) is 0.923. The molecule has 100 valence electrons. The van der Waals surface area contributed by atoms with Crippen LogP contribution in [0, 0.1) is 0 Å². The molecule has 1 aliphatic heterocycles. The van der Waals surface area contributed by atoms with Gasteiger partial charge in [0.25, 0.3) is 0 Å². The number of carbonyl (C=O) groups excluding carboxylic acids is 1. The molecule has 0 spiro atoms. The lowest BCUT2D eigenvalue weighted by Gasteiger charge is -2.40. The zero-order chi connectivity index (χ0) is 13.2. The highest BCUT2D eigenvalue weighted by molar-refractivity contribution is 5.82. The van der Waals surface area contributed by atoms with Gasteiger partial charge < -0.3 is 10.6 Å². The molecule has 0 aromatic carbocycles. The first-order valence-electron chi connectivity index (χ1n) is 6.52. The molecule has 2 atom stereocenters. The lowest BCUT2D eigenvalue weighted by atomic mass is 10.0. The van der Waals surface area contributed by atoms with Gasteiger partial charge in [-0.2, -0.15) is 0 Å². The molecule has 4 heteroatoms. The summed E-state index contributed by atoms with van der Waals surface area (Å²) >= 11 is 0. The molecule has 0 saturated carbocycles. The van der Waals surface area contributed by atoms with Crippen molar-refractivity contribution in [3.63, 3.8) is 0 Å². The van der Waals surface area contributed by atoms with Gasteiger partial charge >= 0.3 is 0 Å². The van der Waals surface area contributed by atoms with E-state index >= 15 is 0 Å². The number of nitrogens with two attached hydrogens (primary N) is 1. The summed E-state index contributed by atoms with van der Waals surface area (Å²) in [6.45, 7) is 10.1. The Bertz CT molecular complexity index is 272. The molecule has 0 bridgehead atoms. The summed E-state index contributed by atoms with van der Waals surface area (Å²) < 4.78 is 0. The Morgan fingerprint density at radius 2 is 2.00 bits per heavy atom. The van der Waals surface area contributed by atoms with E-state index in [4.69, 9.17) is 5.73 Å². The van der Waals surface area contributed by atoms with Gasteiger partial charge in [-0.25, -0.2) is 0 Å². The summed E-state index contributed by atoms with van der Waals surface area (Å²) in [4.78, 5) is 16.6. The highest BCUT2D eigenvalue weighted by atomic mass is 16.2. The topological polar surface area (TPSA) is 49.6 Å². The van der Waals surface area contributed by atoms with Crippen LogP contribution in [0.2, 0.25) is 0 Å². The highest BCUT2D eigenvalue weighted by Gasteiger charge is 2.38. The molecule has 0 aliphatic carbocycles. The van der Waals surface area contributed by atoms with Crippen molar-refractivity contribution in [2.45, 2.75) is 58.2 Å². The number of amides is 1. The first kappa shape index (κ1) is 14.5. The van der Waals surface area contributed by atoms with E-state index in [2.05, 4.69) is 32.6 Å². The number of hydrogen-bond acceptors (Lipinski definition) is 3. The molecule has 4 nitrogen and oxygen atoms in total. The molecule has 0 aromatic heterocycles. The van der Waals surface area contributed by atoms with Crippen molar-refractivity contribution in [2.75, 3.05) is 20.1 Å². The predicted octanol–water partition coefficient (Wildman–Crippen LogP) is 1.05. The van der Waals surface area contributed by atoms with Gasteiger partial charge in [0.1, 0.15) is 0 Å². The first-order valence-corrected chi connectivity index (χ1v) is 6.52. The quantitative estimate of drug-likeness (QED) is 0.786. The van der Waals surface area contributed by atoms with E-state index in [1.165, 1.54) is 0 Å². The Kier molecular flexibility index (Phi) is 4.55. The number of rotatable bonds is 2. The molecule has 17 heavy (non-hydrogen) atoms. The van der Waals surface area contributed by atoms with Crippen LogP contribution in [0.3, 0.4) is 0 Å². The van der Waals surface area contributed by atoms with Crippen molar-refractivity contribution < 1.29 is 4.79 Å². The fourth-order valence-corrected chi connectivity index (χ4v) is 2.50. The minimum atomic E-state index is -0.0602. The van der Waals surface area contributed by atoms with E-state index in [0.29, 0.717) is 12.6 Å². The molecular formula is C13H27N3O. The van der Waals surface area contributed by atoms with Crippen LogP contribution in [0.5, 0.6) is 0 Å². The summed E-state index contributed by atoms with van der Waals surface area (Å²) in [7, 11) is 1.91. The molecular weight excluding hydrogens is 214 g/mol. The Labute approximate surface area is 105 Å². The van der Waals surface area contributed by atoms with Gasteiger partial charge in [-0.05, 0) is 47.1 Å². The average molecular weight is 241 g/mol. The summed E-state index contributed by atoms with van der Waals surface area (Å²) in [6.07, 6.45) is 1.77. The van der Waals surface area contributed by atoms with E-state index in [0.717, 1.165) is 19.4 Å². The molecule has 1 fully saturated rings. The third-order valence-electron chi connectivity index (χ3n) is 3.76. The Balaban J connectivity index is 2.98.